The highest BCUT2D eigenvalue weighted by Crippen LogP contribution is 2.13. The lowest BCUT2D eigenvalue weighted by Crippen LogP contribution is -2.30. The molecular weight excluding hydrogens is 576 g/mol. The second-order valence-corrected chi connectivity index (χ2v) is 13.2. The fourth-order valence-electron chi connectivity index (χ4n) is 5.49. The molecule has 0 N–H and O–H groups in total. The van der Waals surface area contributed by atoms with Crippen molar-refractivity contribution in [1.29, 1.82) is 0 Å². The number of allylic oxidation sites excluding steroid dienone is 2. The Hall–Kier alpha value is -1.85. The molecule has 46 heavy (non-hydrogen) atoms. The third-order valence-electron chi connectivity index (χ3n) is 8.52. The summed E-state index contributed by atoms with van der Waals surface area (Å²) in [6, 6.07) is 0. The second kappa shape index (κ2) is 36.0. The number of rotatable bonds is 35. The molecule has 6 heteroatoms. The van der Waals surface area contributed by atoms with E-state index in [9.17, 15) is 14.4 Å². The monoisotopic (exact) mass is 651 g/mol. The highest BCUT2D eigenvalue weighted by Gasteiger charge is 2.19. The maximum Gasteiger partial charge on any atom is 0.306 e. The lowest BCUT2D eigenvalue weighted by molar-refractivity contribution is -0.167. The van der Waals surface area contributed by atoms with Crippen LogP contribution < -0.4 is 0 Å². The molecule has 0 aromatic carbocycles. The van der Waals surface area contributed by atoms with Crippen molar-refractivity contribution < 1.29 is 28.6 Å². The first-order chi connectivity index (χ1) is 22.5. The van der Waals surface area contributed by atoms with Crippen LogP contribution in [-0.4, -0.2) is 37.2 Å². The van der Waals surface area contributed by atoms with E-state index < -0.39 is 6.10 Å². The van der Waals surface area contributed by atoms with Gasteiger partial charge in [0.25, 0.3) is 0 Å². The van der Waals surface area contributed by atoms with Gasteiger partial charge < -0.3 is 14.2 Å². The molecule has 0 amide bonds. The summed E-state index contributed by atoms with van der Waals surface area (Å²) < 4.78 is 16.5. The van der Waals surface area contributed by atoms with Crippen LogP contribution >= 0.6 is 0 Å². The van der Waals surface area contributed by atoms with Crippen molar-refractivity contribution in [3.05, 3.63) is 12.2 Å². The van der Waals surface area contributed by atoms with Crippen molar-refractivity contribution in [2.75, 3.05) is 13.2 Å². The maximum absolute atomic E-state index is 12.5. The summed E-state index contributed by atoms with van der Waals surface area (Å²) in [5, 5.41) is 0. The molecule has 0 spiro atoms. The highest BCUT2D eigenvalue weighted by molar-refractivity contribution is 5.71. The third kappa shape index (κ3) is 33.5. The Kier molecular flexibility index (Phi) is 34.5. The van der Waals surface area contributed by atoms with Crippen molar-refractivity contribution in [3.63, 3.8) is 0 Å². The Morgan fingerprint density at radius 2 is 0.717 bits per heavy atom. The van der Waals surface area contributed by atoms with Gasteiger partial charge in [0.05, 0.1) is 0 Å². The standard InChI is InChI=1S/C40H74O6/c1-4-7-10-13-16-17-18-19-20-21-22-23-25-27-30-33-39(42)45-36-37(35-44-38(41)32-29-26-15-12-9-6-3)46-40(43)34-31-28-24-14-11-8-5-2/h19-20,37H,4-18,21-36H2,1-3H3/b20-19-. The lowest BCUT2D eigenvalue weighted by Gasteiger charge is -2.18. The molecular formula is C40H74O6. The van der Waals surface area contributed by atoms with Gasteiger partial charge in [-0.3, -0.25) is 14.4 Å². The van der Waals surface area contributed by atoms with Crippen LogP contribution in [0.15, 0.2) is 12.2 Å². The first-order valence-electron chi connectivity index (χ1n) is 19.7. The molecule has 0 heterocycles. The predicted molar refractivity (Wildman–Crippen MR) is 192 cm³/mol. The topological polar surface area (TPSA) is 78.9 Å². The number of hydrogen-bond donors (Lipinski definition) is 0. The Bertz CT molecular complexity index is 719. The Balaban J connectivity index is 4.23. The molecule has 0 rings (SSSR count). The van der Waals surface area contributed by atoms with Crippen LogP contribution in [0.4, 0.5) is 0 Å². The minimum Gasteiger partial charge on any atom is -0.462 e. The summed E-state index contributed by atoms with van der Waals surface area (Å²) in [5.41, 5.74) is 0. The second-order valence-electron chi connectivity index (χ2n) is 13.2. The van der Waals surface area contributed by atoms with Crippen molar-refractivity contribution in [1.82, 2.24) is 0 Å². The summed E-state index contributed by atoms with van der Waals surface area (Å²) in [4.78, 5) is 37.2. The average Bonchev–Trinajstić information content (AvgIpc) is 3.05. The molecule has 270 valence electrons. The van der Waals surface area contributed by atoms with Crippen LogP contribution in [0.1, 0.15) is 207 Å². The lowest BCUT2D eigenvalue weighted by atomic mass is 10.1. The predicted octanol–water partition coefficient (Wildman–Crippen LogP) is 11.9. The van der Waals surface area contributed by atoms with Crippen LogP contribution in [0.2, 0.25) is 0 Å². The summed E-state index contributed by atoms with van der Waals surface area (Å²) in [5.74, 6) is -0.897. The van der Waals surface area contributed by atoms with Crippen LogP contribution in [0.5, 0.6) is 0 Å². The number of esters is 3. The van der Waals surface area contributed by atoms with Crippen molar-refractivity contribution in [3.8, 4) is 0 Å². The van der Waals surface area contributed by atoms with Gasteiger partial charge in [-0.15, -0.1) is 0 Å². The number of carbonyl (C=O) groups excluding carboxylic acids is 3. The van der Waals surface area contributed by atoms with E-state index in [4.69, 9.17) is 14.2 Å². The minimum absolute atomic E-state index is 0.0713. The first kappa shape index (κ1) is 44.1. The molecule has 0 saturated carbocycles. The van der Waals surface area contributed by atoms with Gasteiger partial charge in [-0.2, -0.15) is 0 Å². The SMILES string of the molecule is CCCCCCCC/C=C\CCCCCCCC(=O)OCC(COC(=O)CCCCCCCC)OC(=O)CCCCCCCCC. The van der Waals surface area contributed by atoms with E-state index in [0.29, 0.717) is 19.3 Å². The van der Waals surface area contributed by atoms with E-state index in [1.54, 1.807) is 0 Å². The largest absolute Gasteiger partial charge is 0.462 e. The zero-order valence-electron chi connectivity index (χ0n) is 30.6. The molecule has 0 aliphatic heterocycles. The van der Waals surface area contributed by atoms with Gasteiger partial charge >= 0.3 is 17.9 Å². The Morgan fingerprint density at radius 1 is 0.413 bits per heavy atom. The average molecular weight is 651 g/mol. The van der Waals surface area contributed by atoms with Crippen molar-refractivity contribution in [2.24, 2.45) is 0 Å². The van der Waals surface area contributed by atoms with E-state index >= 15 is 0 Å². The van der Waals surface area contributed by atoms with E-state index in [-0.39, 0.29) is 31.1 Å². The summed E-state index contributed by atoms with van der Waals surface area (Å²) in [6.07, 6.45) is 35.1. The van der Waals surface area contributed by atoms with Crippen LogP contribution in [0.25, 0.3) is 0 Å². The van der Waals surface area contributed by atoms with E-state index in [2.05, 4.69) is 32.9 Å². The zero-order chi connectivity index (χ0) is 33.8. The molecule has 0 aromatic heterocycles. The molecule has 0 aromatic rings. The zero-order valence-corrected chi connectivity index (χ0v) is 30.6. The summed E-state index contributed by atoms with van der Waals surface area (Å²) in [6.45, 7) is 6.50. The van der Waals surface area contributed by atoms with Gasteiger partial charge in [0.2, 0.25) is 0 Å². The third-order valence-corrected chi connectivity index (χ3v) is 8.52. The van der Waals surface area contributed by atoms with Gasteiger partial charge in [-0.25, -0.2) is 0 Å². The van der Waals surface area contributed by atoms with Gasteiger partial charge in [-0.05, 0) is 44.9 Å². The highest BCUT2D eigenvalue weighted by atomic mass is 16.6. The van der Waals surface area contributed by atoms with Crippen molar-refractivity contribution in [2.45, 2.75) is 213 Å². The van der Waals surface area contributed by atoms with E-state index in [1.807, 2.05) is 0 Å². The molecule has 0 aliphatic carbocycles. The van der Waals surface area contributed by atoms with Crippen LogP contribution in [-0.2, 0) is 28.6 Å². The van der Waals surface area contributed by atoms with E-state index in [0.717, 1.165) is 64.2 Å². The fraction of sp³-hybridized carbons (Fsp3) is 0.875. The van der Waals surface area contributed by atoms with Crippen LogP contribution in [0.3, 0.4) is 0 Å². The quantitative estimate of drug-likeness (QED) is 0.0294. The summed E-state index contributed by atoms with van der Waals surface area (Å²) >= 11 is 0. The molecule has 0 saturated heterocycles. The maximum atomic E-state index is 12.5. The first-order valence-corrected chi connectivity index (χ1v) is 19.7. The Labute approximate surface area is 284 Å². The minimum atomic E-state index is -0.761. The molecule has 0 bridgehead atoms. The fourth-order valence-corrected chi connectivity index (χ4v) is 5.49. The van der Waals surface area contributed by atoms with Crippen LogP contribution in [0, 0.1) is 0 Å². The van der Waals surface area contributed by atoms with E-state index in [1.165, 1.54) is 103 Å². The molecule has 1 unspecified atom stereocenters. The van der Waals surface area contributed by atoms with Gasteiger partial charge in [-0.1, -0.05) is 155 Å². The number of hydrogen-bond acceptors (Lipinski definition) is 6. The number of ether oxygens (including phenoxy) is 3. The molecule has 6 nitrogen and oxygen atoms in total. The molecule has 0 radical (unpaired) electrons. The molecule has 0 fully saturated rings. The van der Waals surface area contributed by atoms with Gasteiger partial charge in [0.15, 0.2) is 6.10 Å². The smallest absolute Gasteiger partial charge is 0.306 e. The number of unbranched alkanes of at least 4 members (excludes halogenated alkanes) is 22. The number of carbonyl (C=O) groups is 3. The molecule has 1 atom stereocenters. The summed E-state index contributed by atoms with van der Waals surface area (Å²) in [7, 11) is 0. The van der Waals surface area contributed by atoms with Gasteiger partial charge in [0.1, 0.15) is 13.2 Å². The molecule has 0 aliphatic rings. The Morgan fingerprint density at radius 3 is 1.09 bits per heavy atom. The van der Waals surface area contributed by atoms with Gasteiger partial charge in [0, 0.05) is 19.3 Å². The van der Waals surface area contributed by atoms with Crippen molar-refractivity contribution >= 4 is 17.9 Å². The normalized spacial score (nSPS) is 12.0.